The lowest BCUT2D eigenvalue weighted by atomic mass is 10.2. The Balaban J connectivity index is 2.30. The number of aliphatic hydroxyl groups excluding tert-OH is 1. The van der Waals surface area contributed by atoms with E-state index in [1.165, 1.54) is 5.56 Å². The van der Waals surface area contributed by atoms with Crippen molar-refractivity contribution in [3.8, 4) is 0 Å². The molecule has 2 aromatic rings. The Hall–Kier alpha value is -1.87. The molecule has 0 aliphatic rings. The Morgan fingerprint density at radius 3 is 2.53 bits per heavy atom. The lowest BCUT2D eigenvalue weighted by Gasteiger charge is -2.20. The average Bonchev–Trinajstić information content (AvgIpc) is 2.39. The van der Waals surface area contributed by atoms with Crippen molar-refractivity contribution >= 4 is 11.5 Å². The first-order chi connectivity index (χ1) is 8.22. The van der Waals surface area contributed by atoms with E-state index in [-0.39, 0.29) is 6.61 Å². The van der Waals surface area contributed by atoms with Gasteiger partial charge in [-0.25, -0.2) is 4.98 Å². The number of pyridine rings is 1. The van der Waals surface area contributed by atoms with Gasteiger partial charge in [-0.3, -0.25) is 0 Å². The number of hydrogen-bond acceptors (Lipinski definition) is 3. The van der Waals surface area contributed by atoms with E-state index >= 15 is 0 Å². The summed E-state index contributed by atoms with van der Waals surface area (Å²) in [6.07, 6.45) is 1.70. The van der Waals surface area contributed by atoms with Crippen LogP contribution in [0.15, 0.2) is 42.6 Å². The Morgan fingerprint density at radius 2 is 1.94 bits per heavy atom. The van der Waals surface area contributed by atoms with Crippen molar-refractivity contribution in [3.63, 3.8) is 0 Å². The minimum atomic E-state index is 0.0291. The summed E-state index contributed by atoms with van der Waals surface area (Å²) in [5.41, 5.74) is 3.17. The summed E-state index contributed by atoms with van der Waals surface area (Å²) in [6.45, 7) is 2.11. The second kappa shape index (κ2) is 4.97. The molecule has 0 fully saturated rings. The highest BCUT2D eigenvalue weighted by Gasteiger charge is 2.06. The first kappa shape index (κ1) is 11.6. The largest absolute Gasteiger partial charge is 0.392 e. The number of aryl methyl sites for hydroxylation is 1. The number of aliphatic hydroxyl groups is 1. The Morgan fingerprint density at radius 1 is 1.18 bits per heavy atom. The van der Waals surface area contributed by atoms with Crippen LogP contribution >= 0.6 is 0 Å². The molecule has 0 amide bonds. The quantitative estimate of drug-likeness (QED) is 0.877. The highest BCUT2D eigenvalue weighted by atomic mass is 16.3. The summed E-state index contributed by atoms with van der Waals surface area (Å²) in [7, 11) is 1.99. The summed E-state index contributed by atoms with van der Waals surface area (Å²) in [4.78, 5) is 6.37. The van der Waals surface area contributed by atoms with Gasteiger partial charge in [0, 0.05) is 18.9 Å². The fraction of sp³-hybridized carbons (Fsp3) is 0.214. The number of hydrogen-bond donors (Lipinski definition) is 1. The first-order valence-electron chi connectivity index (χ1n) is 5.57. The average molecular weight is 228 g/mol. The molecule has 1 aromatic carbocycles. The number of anilines is 2. The number of nitrogens with zero attached hydrogens (tertiary/aromatic N) is 2. The van der Waals surface area contributed by atoms with Crippen LogP contribution in [-0.4, -0.2) is 17.1 Å². The standard InChI is InChI=1S/C14H16N2O/c1-11-5-3-4-6-13(11)16(2)14-8-7-12(10-17)9-15-14/h3-9,17H,10H2,1-2H3. The van der Waals surface area contributed by atoms with Crippen molar-refractivity contribution < 1.29 is 5.11 Å². The molecular formula is C14H16N2O. The summed E-state index contributed by atoms with van der Waals surface area (Å²) in [5.74, 6) is 0.872. The van der Waals surface area contributed by atoms with Crippen LogP contribution in [0.4, 0.5) is 11.5 Å². The van der Waals surface area contributed by atoms with Gasteiger partial charge in [-0.2, -0.15) is 0 Å². The summed E-state index contributed by atoms with van der Waals surface area (Å²) < 4.78 is 0. The minimum Gasteiger partial charge on any atom is -0.392 e. The third-order valence-electron chi connectivity index (χ3n) is 2.81. The topological polar surface area (TPSA) is 36.4 Å². The summed E-state index contributed by atoms with van der Waals surface area (Å²) in [5, 5.41) is 8.97. The third-order valence-corrected chi connectivity index (χ3v) is 2.81. The lowest BCUT2D eigenvalue weighted by Crippen LogP contribution is -2.12. The fourth-order valence-corrected chi connectivity index (χ4v) is 1.77. The normalized spacial score (nSPS) is 10.3. The molecule has 0 saturated carbocycles. The van der Waals surface area contributed by atoms with E-state index in [1.807, 2.05) is 36.2 Å². The molecule has 0 radical (unpaired) electrons. The molecule has 3 heteroatoms. The van der Waals surface area contributed by atoms with Crippen LogP contribution in [0.1, 0.15) is 11.1 Å². The Labute approximate surface area is 101 Å². The molecule has 3 nitrogen and oxygen atoms in total. The van der Waals surface area contributed by atoms with Crippen LogP contribution in [0, 0.1) is 6.92 Å². The molecule has 0 bridgehead atoms. The van der Waals surface area contributed by atoms with Gasteiger partial charge in [0.15, 0.2) is 0 Å². The SMILES string of the molecule is Cc1ccccc1N(C)c1ccc(CO)cn1. The van der Waals surface area contributed by atoms with Crippen molar-refractivity contribution in [2.75, 3.05) is 11.9 Å². The highest BCUT2D eigenvalue weighted by Crippen LogP contribution is 2.24. The fourth-order valence-electron chi connectivity index (χ4n) is 1.77. The van der Waals surface area contributed by atoms with Crippen LogP contribution < -0.4 is 4.90 Å². The molecule has 0 atom stereocenters. The maximum absolute atomic E-state index is 8.97. The van der Waals surface area contributed by atoms with Gasteiger partial charge in [0.25, 0.3) is 0 Å². The zero-order valence-corrected chi connectivity index (χ0v) is 10.1. The molecule has 0 saturated heterocycles. The van der Waals surface area contributed by atoms with E-state index in [9.17, 15) is 0 Å². The Kier molecular flexibility index (Phi) is 3.40. The molecule has 0 unspecified atom stereocenters. The molecule has 1 N–H and O–H groups in total. The molecule has 17 heavy (non-hydrogen) atoms. The zero-order valence-electron chi connectivity index (χ0n) is 10.1. The minimum absolute atomic E-state index is 0.0291. The van der Waals surface area contributed by atoms with Gasteiger partial charge < -0.3 is 10.0 Å². The van der Waals surface area contributed by atoms with Gasteiger partial charge in [-0.1, -0.05) is 24.3 Å². The lowest BCUT2D eigenvalue weighted by molar-refractivity contribution is 0.281. The second-order valence-electron chi connectivity index (χ2n) is 4.03. The predicted octanol–water partition coefficient (Wildman–Crippen LogP) is 2.65. The molecular weight excluding hydrogens is 212 g/mol. The maximum atomic E-state index is 8.97. The van der Waals surface area contributed by atoms with Crippen LogP contribution in [-0.2, 0) is 6.61 Å². The second-order valence-corrected chi connectivity index (χ2v) is 4.03. The monoisotopic (exact) mass is 228 g/mol. The molecule has 1 heterocycles. The van der Waals surface area contributed by atoms with E-state index in [2.05, 4.69) is 24.0 Å². The van der Waals surface area contributed by atoms with Crippen molar-refractivity contribution in [1.82, 2.24) is 4.98 Å². The van der Waals surface area contributed by atoms with Crippen LogP contribution in [0.25, 0.3) is 0 Å². The van der Waals surface area contributed by atoms with E-state index in [1.54, 1.807) is 6.20 Å². The molecule has 0 aliphatic heterocycles. The zero-order chi connectivity index (χ0) is 12.3. The molecule has 1 aromatic heterocycles. The van der Waals surface area contributed by atoms with Crippen molar-refractivity contribution in [2.45, 2.75) is 13.5 Å². The van der Waals surface area contributed by atoms with Crippen molar-refractivity contribution in [2.24, 2.45) is 0 Å². The number of benzene rings is 1. The highest BCUT2D eigenvalue weighted by molar-refractivity contribution is 5.62. The van der Waals surface area contributed by atoms with Crippen LogP contribution in [0.3, 0.4) is 0 Å². The van der Waals surface area contributed by atoms with Gasteiger partial charge >= 0.3 is 0 Å². The molecule has 2 rings (SSSR count). The van der Waals surface area contributed by atoms with Gasteiger partial charge in [0.1, 0.15) is 5.82 Å². The van der Waals surface area contributed by atoms with Crippen molar-refractivity contribution in [3.05, 3.63) is 53.7 Å². The van der Waals surface area contributed by atoms with Gasteiger partial charge in [-0.15, -0.1) is 0 Å². The molecule has 88 valence electrons. The predicted molar refractivity (Wildman–Crippen MR) is 69.4 cm³/mol. The van der Waals surface area contributed by atoms with E-state index in [0.29, 0.717) is 0 Å². The maximum Gasteiger partial charge on any atom is 0.132 e. The van der Waals surface area contributed by atoms with Crippen molar-refractivity contribution in [1.29, 1.82) is 0 Å². The van der Waals surface area contributed by atoms with Crippen LogP contribution in [0.2, 0.25) is 0 Å². The summed E-state index contributed by atoms with van der Waals surface area (Å²) in [6, 6.07) is 12.0. The number of aromatic nitrogens is 1. The van der Waals surface area contributed by atoms with Gasteiger partial charge in [0.2, 0.25) is 0 Å². The first-order valence-corrected chi connectivity index (χ1v) is 5.57. The van der Waals surface area contributed by atoms with Gasteiger partial charge in [-0.05, 0) is 30.2 Å². The van der Waals surface area contributed by atoms with E-state index in [4.69, 9.17) is 5.11 Å². The van der Waals surface area contributed by atoms with E-state index in [0.717, 1.165) is 17.1 Å². The number of rotatable bonds is 3. The third kappa shape index (κ3) is 2.45. The Bertz CT molecular complexity index is 494. The number of para-hydroxylation sites is 1. The molecule has 0 aliphatic carbocycles. The summed E-state index contributed by atoms with van der Waals surface area (Å²) >= 11 is 0. The van der Waals surface area contributed by atoms with E-state index < -0.39 is 0 Å². The van der Waals surface area contributed by atoms with Gasteiger partial charge in [0.05, 0.1) is 6.61 Å². The molecule has 0 spiro atoms. The van der Waals surface area contributed by atoms with Crippen LogP contribution in [0.5, 0.6) is 0 Å². The smallest absolute Gasteiger partial charge is 0.132 e.